The molecule has 3 rings (SSSR count). The van der Waals surface area contributed by atoms with Crippen LogP contribution in [0.5, 0.6) is 0 Å². The van der Waals surface area contributed by atoms with E-state index in [1.54, 1.807) is 30.0 Å². The van der Waals surface area contributed by atoms with Crippen molar-refractivity contribution in [1.82, 2.24) is 25.1 Å². The molecule has 3 aromatic rings. The monoisotopic (exact) mass is 429 g/mol. The van der Waals surface area contributed by atoms with Gasteiger partial charge in [-0.2, -0.15) is 13.2 Å². The molecule has 0 aliphatic rings. The summed E-state index contributed by atoms with van der Waals surface area (Å²) >= 11 is 3.97. The molecule has 11 heteroatoms. The topological polar surface area (TPSA) is 64.5 Å². The van der Waals surface area contributed by atoms with Gasteiger partial charge >= 0.3 is 6.18 Å². The van der Waals surface area contributed by atoms with Gasteiger partial charge in [-0.3, -0.25) is 4.98 Å². The number of thioether (sulfide) groups is 1. The highest BCUT2D eigenvalue weighted by molar-refractivity contribution is 8.03. The Morgan fingerprint density at radius 2 is 1.93 bits per heavy atom. The molecule has 0 N–H and O–H groups in total. The molecule has 0 unspecified atom stereocenters. The quantitative estimate of drug-likeness (QED) is 0.281. The zero-order chi connectivity index (χ0) is 19.3. The van der Waals surface area contributed by atoms with Crippen LogP contribution in [-0.4, -0.2) is 30.9 Å². The summed E-state index contributed by atoms with van der Waals surface area (Å²) in [5.41, 5.74) is -0.735. The van der Waals surface area contributed by atoms with Crippen LogP contribution >= 0.6 is 34.9 Å². The predicted octanol–water partition coefficient (Wildman–Crippen LogP) is 5.45. The first-order valence-electron chi connectivity index (χ1n) is 7.97. The average Bonchev–Trinajstić information content (AvgIpc) is 3.09. The predicted molar refractivity (Wildman–Crippen MR) is 99.9 cm³/mol. The molecule has 3 heterocycles. The molecule has 0 spiro atoms. The third-order valence-corrected chi connectivity index (χ3v) is 6.30. The number of halogens is 3. The van der Waals surface area contributed by atoms with Crippen molar-refractivity contribution in [3.63, 3.8) is 0 Å². The lowest BCUT2D eigenvalue weighted by molar-refractivity contribution is -0.141. The van der Waals surface area contributed by atoms with Gasteiger partial charge in [0.15, 0.2) is 14.5 Å². The third kappa shape index (κ3) is 5.63. The highest BCUT2D eigenvalue weighted by Crippen LogP contribution is 2.36. The van der Waals surface area contributed by atoms with Crippen LogP contribution in [0.4, 0.5) is 13.2 Å². The van der Waals surface area contributed by atoms with E-state index in [-0.39, 0.29) is 16.5 Å². The van der Waals surface area contributed by atoms with Gasteiger partial charge in [-0.25, -0.2) is 9.97 Å². The maximum absolute atomic E-state index is 13.2. The van der Waals surface area contributed by atoms with Gasteiger partial charge in [0.2, 0.25) is 0 Å². The average molecular weight is 430 g/mol. The van der Waals surface area contributed by atoms with Gasteiger partial charge in [0.1, 0.15) is 16.4 Å². The third-order valence-electron chi connectivity index (χ3n) is 3.19. The lowest BCUT2D eigenvalue weighted by Gasteiger charge is -2.09. The summed E-state index contributed by atoms with van der Waals surface area (Å²) in [6, 6.07) is 5.83. The number of pyridine rings is 1. The van der Waals surface area contributed by atoms with Gasteiger partial charge < -0.3 is 0 Å². The Morgan fingerprint density at radius 1 is 1.11 bits per heavy atom. The fourth-order valence-corrected chi connectivity index (χ4v) is 5.04. The fourth-order valence-electron chi connectivity index (χ4n) is 1.92. The maximum atomic E-state index is 13.2. The molecule has 5 nitrogen and oxygen atoms in total. The van der Waals surface area contributed by atoms with Crippen LogP contribution in [-0.2, 0) is 6.18 Å². The summed E-state index contributed by atoms with van der Waals surface area (Å²) in [4.78, 5) is 11.9. The van der Waals surface area contributed by atoms with Crippen LogP contribution < -0.4 is 0 Å². The molecular weight excluding hydrogens is 415 g/mol. The SMILES string of the molecule is CCCCSc1nnc(Sc2cc(C(F)(F)F)nc(-c3ccccn3)n2)s1. The molecule has 0 aliphatic heterocycles. The largest absolute Gasteiger partial charge is 0.433 e. The Labute approximate surface area is 166 Å². The van der Waals surface area contributed by atoms with Crippen LogP contribution in [0.15, 0.2) is 44.2 Å². The Kier molecular flexibility index (Phi) is 6.66. The lowest BCUT2D eigenvalue weighted by atomic mass is 10.3. The molecule has 142 valence electrons. The zero-order valence-electron chi connectivity index (χ0n) is 14.1. The van der Waals surface area contributed by atoms with Gasteiger partial charge in [-0.15, -0.1) is 10.2 Å². The van der Waals surface area contributed by atoms with Crippen LogP contribution in [0.2, 0.25) is 0 Å². The number of nitrogens with zero attached hydrogens (tertiary/aromatic N) is 5. The lowest BCUT2D eigenvalue weighted by Crippen LogP contribution is -2.10. The molecule has 0 saturated carbocycles. The van der Waals surface area contributed by atoms with E-state index in [1.807, 2.05) is 0 Å². The van der Waals surface area contributed by atoms with Gasteiger partial charge in [0, 0.05) is 18.0 Å². The first kappa shape index (κ1) is 20.0. The second-order valence-electron chi connectivity index (χ2n) is 5.27. The summed E-state index contributed by atoms with van der Waals surface area (Å²) < 4.78 is 41.0. The van der Waals surface area contributed by atoms with Crippen LogP contribution in [0.3, 0.4) is 0 Å². The number of aromatic nitrogens is 5. The van der Waals surface area contributed by atoms with Crippen LogP contribution in [0, 0.1) is 0 Å². The van der Waals surface area contributed by atoms with Crippen molar-refractivity contribution >= 4 is 34.9 Å². The molecule has 0 atom stereocenters. The van der Waals surface area contributed by atoms with Gasteiger partial charge in [0.05, 0.1) is 0 Å². The first-order chi connectivity index (χ1) is 13.0. The Morgan fingerprint density at radius 3 is 2.63 bits per heavy atom. The van der Waals surface area contributed by atoms with Gasteiger partial charge in [-0.1, -0.05) is 42.5 Å². The molecule has 0 fully saturated rings. The van der Waals surface area contributed by atoms with E-state index in [1.165, 1.54) is 17.5 Å². The molecule has 27 heavy (non-hydrogen) atoms. The second kappa shape index (κ2) is 8.98. The van der Waals surface area contributed by atoms with E-state index in [4.69, 9.17) is 0 Å². The zero-order valence-corrected chi connectivity index (χ0v) is 16.6. The number of alkyl halides is 3. The molecule has 0 aromatic carbocycles. The van der Waals surface area contributed by atoms with E-state index >= 15 is 0 Å². The number of hydrogen-bond donors (Lipinski definition) is 0. The van der Waals surface area contributed by atoms with Crippen molar-refractivity contribution in [2.75, 3.05) is 5.75 Å². The summed E-state index contributed by atoms with van der Waals surface area (Å²) in [6.45, 7) is 2.11. The van der Waals surface area contributed by atoms with Crippen molar-refractivity contribution in [3.05, 3.63) is 36.2 Å². The summed E-state index contributed by atoms with van der Waals surface area (Å²) in [5.74, 6) is 0.862. The number of rotatable bonds is 7. The van der Waals surface area contributed by atoms with E-state index in [2.05, 4.69) is 32.1 Å². The van der Waals surface area contributed by atoms with E-state index in [9.17, 15) is 13.2 Å². The van der Waals surface area contributed by atoms with Crippen molar-refractivity contribution in [1.29, 1.82) is 0 Å². The molecule has 0 bridgehead atoms. The van der Waals surface area contributed by atoms with Crippen molar-refractivity contribution in [2.24, 2.45) is 0 Å². The molecule has 3 aromatic heterocycles. The summed E-state index contributed by atoms with van der Waals surface area (Å²) in [5, 5.41) is 8.26. The fraction of sp³-hybridized carbons (Fsp3) is 0.312. The maximum Gasteiger partial charge on any atom is 0.433 e. The first-order valence-corrected chi connectivity index (χ1v) is 10.6. The Balaban J connectivity index is 1.86. The Hall–Kier alpha value is -1.72. The Bertz CT molecular complexity index is 887. The minimum atomic E-state index is -4.58. The molecule has 0 saturated heterocycles. The van der Waals surface area contributed by atoms with Crippen molar-refractivity contribution in [3.8, 4) is 11.5 Å². The molecule has 0 radical (unpaired) electrons. The summed E-state index contributed by atoms with van der Waals surface area (Å²) in [6.07, 6.45) is -0.938. The highest BCUT2D eigenvalue weighted by atomic mass is 32.2. The van der Waals surface area contributed by atoms with Gasteiger partial charge in [-0.05, 0) is 30.3 Å². The van der Waals surface area contributed by atoms with E-state index in [0.29, 0.717) is 4.34 Å². The molecule has 0 amide bonds. The van der Waals surface area contributed by atoms with Gasteiger partial charge in [0.25, 0.3) is 0 Å². The van der Waals surface area contributed by atoms with Crippen molar-refractivity contribution < 1.29 is 13.2 Å². The van der Waals surface area contributed by atoms with E-state index < -0.39 is 11.9 Å². The van der Waals surface area contributed by atoms with Crippen molar-refractivity contribution in [2.45, 2.75) is 39.6 Å². The molecule has 0 aliphatic carbocycles. The summed E-state index contributed by atoms with van der Waals surface area (Å²) in [7, 11) is 0. The second-order valence-corrected chi connectivity index (χ2v) is 8.85. The molecular formula is C16H14F3N5S3. The smallest absolute Gasteiger partial charge is 0.253 e. The van der Waals surface area contributed by atoms with E-state index in [0.717, 1.165) is 40.8 Å². The minimum Gasteiger partial charge on any atom is -0.253 e. The normalized spacial score (nSPS) is 11.7. The number of hydrogen-bond acceptors (Lipinski definition) is 8. The minimum absolute atomic E-state index is 0.0741. The van der Waals surface area contributed by atoms with Crippen LogP contribution in [0.25, 0.3) is 11.5 Å². The highest BCUT2D eigenvalue weighted by Gasteiger charge is 2.34. The van der Waals surface area contributed by atoms with Crippen LogP contribution in [0.1, 0.15) is 25.5 Å². The number of unbranched alkanes of at least 4 members (excludes halogenated alkanes) is 1. The standard InChI is InChI=1S/C16H14F3N5S3/c1-2-3-8-25-14-23-24-15(27-14)26-12-9-11(16(17,18)19)21-13(22-12)10-6-4-5-7-20-10/h4-7,9H,2-3,8H2,1H3.